The Balaban J connectivity index is 2.12. The summed E-state index contributed by atoms with van der Waals surface area (Å²) < 4.78 is 11.2. The van der Waals surface area contributed by atoms with Crippen LogP contribution in [0.5, 0.6) is 0 Å². The molecule has 1 aromatic rings. The molecule has 1 aromatic carbocycles. The number of cyclic esters (lactones) is 1. The van der Waals surface area contributed by atoms with Gasteiger partial charge in [-0.3, -0.25) is 0 Å². The van der Waals surface area contributed by atoms with Gasteiger partial charge < -0.3 is 9.47 Å². The molecule has 0 N–H and O–H groups in total. The summed E-state index contributed by atoms with van der Waals surface area (Å²) in [6.45, 7) is 3.95. The van der Waals surface area contributed by atoms with E-state index in [0.717, 1.165) is 3.57 Å². The molecule has 1 fully saturated rings. The Bertz CT molecular complexity index is 478. The van der Waals surface area contributed by atoms with Crippen LogP contribution in [0.1, 0.15) is 24.2 Å². The number of esters is 2. The number of carbonyl (C=O) groups excluding carboxylic acids is 2. The zero-order valence-electron chi connectivity index (χ0n) is 10.1. The molecule has 4 nitrogen and oxygen atoms in total. The van der Waals surface area contributed by atoms with Crippen molar-refractivity contribution in [3.8, 4) is 0 Å². The molecule has 0 aliphatic carbocycles. The molecule has 1 atom stereocenters. The van der Waals surface area contributed by atoms with Gasteiger partial charge in [-0.1, -0.05) is 13.8 Å². The Hall–Kier alpha value is -1.11. The second-order valence-corrected chi connectivity index (χ2v) is 6.13. The second-order valence-electron chi connectivity index (χ2n) is 4.89. The molecular formula is C13H13IO4. The van der Waals surface area contributed by atoms with Crippen LogP contribution in [0.2, 0.25) is 0 Å². The quantitative estimate of drug-likeness (QED) is 0.601. The van der Waals surface area contributed by atoms with Crippen molar-refractivity contribution in [3.63, 3.8) is 0 Å². The first-order valence-corrected chi connectivity index (χ1v) is 6.61. The summed E-state index contributed by atoms with van der Waals surface area (Å²) in [5, 5.41) is 0. The highest BCUT2D eigenvalue weighted by atomic mass is 127. The van der Waals surface area contributed by atoms with Gasteiger partial charge in [-0.25, -0.2) is 9.59 Å². The Labute approximate surface area is 119 Å². The van der Waals surface area contributed by atoms with E-state index in [1.54, 1.807) is 12.1 Å². The average Bonchev–Trinajstić information content (AvgIpc) is 2.57. The molecule has 1 saturated heterocycles. The number of carbonyl (C=O) groups is 2. The standard InChI is InChI=1S/C13H13IO4/c1-13(2)7-17-12(16)10(13)18-11(15)8-3-5-9(14)6-4-8/h3-6,10H,7H2,1-2H3/t10-/m0/s1. The second kappa shape index (κ2) is 4.87. The molecule has 0 spiro atoms. The summed E-state index contributed by atoms with van der Waals surface area (Å²) in [7, 11) is 0. The third-order valence-corrected chi connectivity index (χ3v) is 3.53. The maximum atomic E-state index is 11.9. The van der Waals surface area contributed by atoms with Gasteiger partial charge >= 0.3 is 11.9 Å². The Morgan fingerprint density at radius 3 is 2.50 bits per heavy atom. The molecule has 0 saturated carbocycles. The lowest BCUT2D eigenvalue weighted by Gasteiger charge is -2.21. The fourth-order valence-corrected chi connectivity index (χ4v) is 2.06. The number of rotatable bonds is 2. The van der Waals surface area contributed by atoms with Crippen LogP contribution in [0.4, 0.5) is 0 Å². The normalized spacial score (nSPS) is 21.5. The lowest BCUT2D eigenvalue weighted by Crippen LogP contribution is -2.34. The number of halogens is 1. The van der Waals surface area contributed by atoms with E-state index in [1.807, 2.05) is 26.0 Å². The largest absolute Gasteiger partial charge is 0.462 e. The van der Waals surface area contributed by atoms with Crippen LogP contribution in [0.15, 0.2) is 24.3 Å². The molecule has 96 valence electrons. The minimum atomic E-state index is -0.829. The van der Waals surface area contributed by atoms with Crippen LogP contribution in [-0.2, 0) is 14.3 Å². The fraction of sp³-hybridized carbons (Fsp3) is 0.385. The molecule has 1 aliphatic heterocycles. The molecule has 1 aliphatic rings. The molecule has 2 rings (SSSR count). The number of hydrogen-bond acceptors (Lipinski definition) is 4. The van der Waals surface area contributed by atoms with Crippen molar-refractivity contribution < 1.29 is 19.1 Å². The van der Waals surface area contributed by atoms with Crippen LogP contribution in [0, 0.1) is 8.99 Å². The third-order valence-electron chi connectivity index (χ3n) is 2.82. The minimum Gasteiger partial charge on any atom is -0.462 e. The molecule has 0 aromatic heterocycles. The summed E-state index contributed by atoms with van der Waals surface area (Å²) >= 11 is 2.15. The van der Waals surface area contributed by atoms with E-state index < -0.39 is 23.5 Å². The van der Waals surface area contributed by atoms with Gasteiger partial charge in [-0.15, -0.1) is 0 Å². The maximum absolute atomic E-state index is 11.9. The van der Waals surface area contributed by atoms with Crippen molar-refractivity contribution in [2.24, 2.45) is 5.41 Å². The molecule has 18 heavy (non-hydrogen) atoms. The first kappa shape index (κ1) is 13.3. The highest BCUT2D eigenvalue weighted by Gasteiger charge is 2.46. The topological polar surface area (TPSA) is 52.6 Å². The minimum absolute atomic E-state index is 0.274. The Morgan fingerprint density at radius 2 is 2.00 bits per heavy atom. The highest BCUT2D eigenvalue weighted by molar-refractivity contribution is 14.1. The lowest BCUT2D eigenvalue weighted by molar-refractivity contribution is -0.145. The van der Waals surface area contributed by atoms with Crippen LogP contribution in [0.25, 0.3) is 0 Å². The van der Waals surface area contributed by atoms with E-state index in [-0.39, 0.29) is 6.61 Å². The molecule has 0 amide bonds. The molecule has 0 radical (unpaired) electrons. The Kier molecular flexibility index (Phi) is 3.61. The van der Waals surface area contributed by atoms with Crippen LogP contribution < -0.4 is 0 Å². The highest BCUT2D eigenvalue weighted by Crippen LogP contribution is 2.31. The van der Waals surface area contributed by atoms with E-state index in [0.29, 0.717) is 5.56 Å². The molecule has 0 unspecified atom stereocenters. The first-order valence-electron chi connectivity index (χ1n) is 5.53. The van der Waals surface area contributed by atoms with Crippen molar-refractivity contribution in [3.05, 3.63) is 33.4 Å². The van der Waals surface area contributed by atoms with Gasteiger partial charge in [0.1, 0.15) is 6.61 Å². The maximum Gasteiger partial charge on any atom is 0.348 e. The van der Waals surface area contributed by atoms with E-state index in [9.17, 15) is 9.59 Å². The average molecular weight is 360 g/mol. The molecule has 1 heterocycles. The van der Waals surface area contributed by atoms with Gasteiger partial charge in [0.2, 0.25) is 6.10 Å². The van der Waals surface area contributed by atoms with E-state index >= 15 is 0 Å². The summed E-state index contributed by atoms with van der Waals surface area (Å²) in [4.78, 5) is 23.4. The number of ether oxygens (including phenoxy) is 2. The fourth-order valence-electron chi connectivity index (χ4n) is 1.70. The summed E-state index contributed by atoms with van der Waals surface area (Å²) in [6, 6.07) is 6.99. The SMILES string of the molecule is CC1(C)COC(=O)[C@@H]1OC(=O)c1ccc(I)cc1. The third kappa shape index (κ3) is 2.66. The monoisotopic (exact) mass is 360 g/mol. The van der Waals surface area contributed by atoms with Gasteiger partial charge in [0.05, 0.1) is 5.56 Å². The van der Waals surface area contributed by atoms with Gasteiger partial charge in [0.25, 0.3) is 0 Å². The van der Waals surface area contributed by atoms with Gasteiger partial charge in [0, 0.05) is 8.99 Å². The van der Waals surface area contributed by atoms with Crippen molar-refractivity contribution >= 4 is 34.5 Å². The van der Waals surface area contributed by atoms with Crippen molar-refractivity contribution in [2.75, 3.05) is 6.61 Å². The van der Waals surface area contributed by atoms with Gasteiger partial charge in [0.15, 0.2) is 0 Å². The van der Waals surface area contributed by atoms with E-state index in [2.05, 4.69) is 22.6 Å². The smallest absolute Gasteiger partial charge is 0.348 e. The Morgan fingerprint density at radius 1 is 1.39 bits per heavy atom. The predicted molar refractivity (Wildman–Crippen MR) is 73.1 cm³/mol. The zero-order valence-corrected chi connectivity index (χ0v) is 12.3. The first-order chi connectivity index (χ1) is 8.40. The summed E-state index contributed by atoms with van der Waals surface area (Å²) in [5.41, 5.74) is -0.0402. The molecular weight excluding hydrogens is 347 g/mol. The van der Waals surface area contributed by atoms with Gasteiger partial charge in [-0.05, 0) is 46.9 Å². The van der Waals surface area contributed by atoms with E-state index in [1.165, 1.54) is 0 Å². The summed E-state index contributed by atoms with van der Waals surface area (Å²) in [5.74, 6) is -0.970. The lowest BCUT2D eigenvalue weighted by atomic mass is 9.90. The molecule has 0 bridgehead atoms. The van der Waals surface area contributed by atoms with Crippen molar-refractivity contribution in [1.82, 2.24) is 0 Å². The van der Waals surface area contributed by atoms with Crippen molar-refractivity contribution in [2.45, 2.75) is 20.0 Å². The summed E-state index contributed by atoms with van der Waals surface area (Å²) in [6.07, 6.45) is -0.829. The predicted octanol–water partition coefficient (Wildman–Crippen LogP) is 2.40. The number of benzene rings is 1. The molecule has 5 heteroatoms. The van der Waals surface area contributed by atoms with Gasteiger partial charge in [-0.2, -0.15) is 0 Å². The van der Waals surface area contributed by atoms with Crippen LogP contribution in [-0.4, -0.2) is 24.6 Å². The van der Waals surface area contributed by atoms with E-state index in [4.69, 9.17) is 9.47 Å². The zero-order chi connectivity index (χ0) is 13.3. The van der Waals surface area contributed by atoms with Crippen molar-refractivity contribution in [1.29, 1.82) is 0 Å². The van der Waals surface area contributed by atoms with Crippen LogP contribution >= 0.6 is 22.6 Å². The van der Waals surface area contributed by atoms with Crippen LogP contribution in [0.3, 0.4) is 0 Å². The number of hydrogen-bond donors (Lipinski definition) is 0.